The summed E-state index contributed by atoms with van der Waals surface area (Å²) in [6.45, 7) is 1.35. The van der Waals surface area contributed by atoms with Gasteiger partial charge in [-0.15, -0.1) is 0 Å². The van der Waals surface area contributed by atoms with Crippen molar-refractivity contribution in [2.45, 2.75) is 46.2 Å². The van der Waals surface area contributed by atoms with E-state index in [2.05, 4.69) is 86.4 Å². The molecule has 16 aromatic rings. The molecule has 16 rings (SSSR count). The quantitative estimate of drug-likeness (QED) is 0.0508. The second kappa shape index (κ2) is 47.4. The van der Waals surface area contributed by atoms with Crippen molar-refractivity contribution in [3.05, 3.63) is 391 Å². The van der Waals surface area contributed by atoms with Crippen LogP contribution >= 0.6 is 0 Å². The number of anilines is 4. The number of likely N-dealkylation sites (N-methyl/N-ethyl adjacent to an activating group) is 3. The third-order valence-electron chi connectivity index (χ3n) is 17.8. The number of hydrogen-bond donors (Lipinski definition) is 4. The lowest BCUT2D eigenvalue weighted by atomic mass is 10.2. The van der Waals surface area contributed by atoms with Gasteiger partial charge in [0.05, 0.1) is 34.2 Å². The lowest BCUT2D eigenvalue weighted by Gasteiger charge is -2.17. The molecule has 0 aliphatic rings. The summed E-state index contributed by atoms with van der Waals surface area (Å²) in [6, 6.07) is 79.0. The van der Waals surface area contributed by atoms with Gasteiger partial charge in [0.25, 0.3) is 33.4 Å². The van der Waals surface area contributed by atoms with Crippen molar-refractivity contribution in [2.75, 3.05) is 41.1 Å². The van der Waals surface area contributed by atoms with Gasteiger partial charge in [-0.3, -0.25) is 92.3 Å². The van der Waals surface area contributed by atoms with Gasteiger partial charge in [-0.1, -0.05) is 84.9 Å². The minimum atomic E-state index is -0.613. The van der Waals surface area contributed by atoms with Gasteiger partial charge < -0.3 is 26.6 Å². The van der Waals surface area contributed by atoms with Crippen LogP contribution in [0.5, 0.6) is 0 Å². The maximum Gasteiger partial charge on any atom is 0.267 e. The van der Waals surface area contributed by atoms with E-state index in [1.54, 1.807) is 221 Å². The van der Waals surface area contributed by atoms with Crippen molar-refractivity contribution in [2.24, 2.45) is 5.73 Å². The molecule has 0 fully saturated rings. The second-order valence-corrected chi connectivity index (χ2v) is 27.1. The average Bonchev–Trinajstić information content (AvgIpc) is 0.835. The molecular formula is C92H82N26O12. The summed E-state index contributed by atoms with van der Waals surface area (Å²) in [5, 5.41) is 33.0. The van der Waals surface area contributed by atoms with Crippen LogP contribution in [0.25, 0.3) is 68.3 Å². The Labute approximate surface area is 739 Å². The molecule has 14 aromatic heterocycles. The lowest BCUT2D eigenvalue weighted by molar-refractivity contribution is -0.122. The zero-order valence-electron chi connectivity index (χ0n) is 69.9. The summed E-state index contributed by atoms with van der Waals surface area (Å²) >= 11 is 0. The number of carbonyl (C=O) groups excluding carboxylic acids is 6. The van der Waals surface area contributed by atoms with Gasteiger partial charge in [0, 0.05) is 118 Å². The summed E-state index contributed by atoms with van der Waals surface area (Å²) in [4.78, 5) is 178. The third-order valence-corrected chi connectivity index (χ3v) is 17.8. The van der Waals surface area contributed by atoms with Gasteiger partial charge in [-0.2, -0.15) is 30.6 Å². The van der Waals surface area contributed by atoms with Crippen molar-refractivity contribution in [1.29, 1.82) is 0 Å². The number of aromatic nitrogens is 20. The normalized spacial score (nSPS) is 10.3. The number of pyridine rings is 8. The molecule has 0 unspecified atom stereocenters. The lowest BCUT2D eigenvalue weighted by Crippen LogP contribution is -2.35. The first-order valence-corrected chi connectivity index (χ1v) is 39.7. The van der Waals surface area contributed by atoms with Crippen molar-refractivity contribution < 1.29 is 28.8 Å². The smallest absolute Gasteiger partial charge is 0.267 e. The Kier molecular flexibility index (Phi) is 33.7. The molecule has 0 radical (unpaired) electrons. The Morgan fingerprint density at radius 2 is 0.554 bits per heavy atom. The molecule has 2 aromatic carbocycles. The first-order chi connectivity index (χ1) is 63.1. The predicted octanol–water partition coefficient (Wildman–Crippen LogP) is 6.85. The summed E-state index contributed by atoms with van der Waals surface area (Å²) in [5.41, 5.74) is 11.5. The number of nitrogens with two attached hydrogens (primary N) is 1. The number of amides is 6. The fraction of sp³-hybridized carbons (Fsp3) is 0.109. The van der Waals surface area contributed by atoms with Crippen LogP contribution in [0, 0.1) is 0 Å². The highest BCUT2D eigenvalue weighted by atomic mass is 16.2. The van der Waals surface area contributed by atoms with Gasteiger partial charge in [0.2, 0.25) is 35.4 Å². The van der Waals surface area contributed by atoms with E-state index in [1.807, 2.05) is 91.9 Å². The minimum absolute atomic E-state index is 0.0899. The van der Waals surface area contributed by atoms with Crippen LogP contribution in [0.2, 0.25) is 0 Å². The molecule has 0 saturated carbocycles. The maximum atomic E-state index is 12.4. The zero-order valence-corrected chi connectivity index (χ0v) is 69.9. The molecule has 0 bridgehead atoms. The summed E-state index contributed by atoms with van der Waals surface area (Å²) in [7, 11) is 3.28. The molecule has 6 amide bonds. The SMILES string of the molecule is CCNC(=O)Cn1nc(-c2ccccn2)ccc1=O.CN(C(=O)Cn1nc(-c2ccccn2)ccc1=O)c1ccccc1.CN(C(=O)Cn1nc(-c2ccccn2)ccc1=O)c1ccccn1.NC(=O)Cn1nc(-c2ccccn2)ccc1=O.O=C(Cn1nc(-c2ccccn2)ccc1=O)Nc1ccccc1.O=C(Cn1nc(-c2ccccn2)ccc1=O)Nc1ccccn1. The van der Waals surface area contributed by atoms with E-state index in [9.17, 15) is 57.5 Å². The van der Waals surface area contributed by atoms with E-state index in [4.69, 9.17) is 5.73 Å². The molecule has 38 nitrogen and oxygen atoms in total. The van der Waals surface area contributed by atoms with Crippen LogP contribution < -0.4 is 64.8 Å². The number of rotatable bonds is 23. The first kappa shape index (κ1) is 92.5. The topological polar surface area (TPSA) is 483 Å². The van der Waals surface area contributed by atoms with E-state index >= 15 is 0 Å². The van der Waals surface area contributed by atoms with E-state index in [0.717, 1.165) is 33.8 Å². The van der Waals surface area contributed by atoms with Crippen molar-refractivity contribution >= 4 is 58.5 Å². The van der Waals surface area contributed by atoms with Gasteiger partial charge in [0.1, 0.15) is 85.1 Å². The number of primary amides is 1. The first-order valence-electron chi connectivity index (χ1n) is 39.7. The monoisotopic (exact) mass is 1740 g/mol. The molecule has 14 heterocycles. The Bertz CT molecular complexity index is 6540. The number of nitrogens with one attached hydrogen (secondary N) is 3. The number of hydrogen-bond acceptors (Lipinski definition) is 26. The van der Waals surface area contributed by atoms with E-state index < -0.39 is 5.91 Å². The minimum Gasteiger partial charge on any atom is -0.368 e. The summed E-state index contributed by atoms with van der Waals surface area (Å²) in [6.07, 6.45) is 13.0. The number of benzene rings is 2. The molecule has 0 spiro atoms. The number of carbonyl (C=O) groups is 6. The Hall–Kier alpha value is -18.3. The molecule has 652 valence electrons. The van der Waals surface area contributed by atoms with E-state index in [1.165, 1.54) is 46.2 Å². The highest BCUT2D eigenvalue weighted by molar-refractivity contribution is 5.93. The van der Waals surface area contributed by atoms with Crippen LogP contribution in [0.15, 0.2) is 357 Å². The van der Waals surface area contributed by atoms with Crippen molar-refractivity contribution in [3.63, 3.8) is 0 Å². The standard InChI is InChI=1S/C18H16N4O2.C17H15N5O2.C17H14N4O2.C16H13N5O2.C13H14N4O2.C11H10N4O2/c1-21(14-7-3-2-4-8-14)18(24)13-22-17(23)11-10-16(20-22)15-9-5-6-12-19-15;1-21(15-7-3-5-11-19-15)17(24)12-22-16(23)9-8-14(20-22)13-6-2-4-10-18-13;22-16(19-13-6-2-1-3-7-13)12-21-17(23)10-9-15(20-21)14-8-4-5-11-18-14;22-15(19-14-6-2-4-10-18-14)11-21-16(23)8-7-13(20-21)12-5-1-3-9-17-12;1-2-14-12(18)9-17-13(19)7-6-11(16-17)10-5-3-4-8-15-10;12-10(16)7-15-11(17)5-4-9(14-15)8-3-1-2-6-13-8/h2-12H,13H2,1H3;2-11H,12H2,1H3;1-11H,12H2,(H,19,22);1-10H,11H2,(H,18,19,22);3-8H,2,9H2,1H3,(H,14,18);1-6H,7H2,(H2,12,16). The van der Waals surface area contributed by atoms with E-state index in [0.29, 0.717) is 92.2 Å². The molecule has 38 heteroatoms. The molecule has 5 N–H and O–H groups in total. The molecule has 130 heavy (non-hydrogen) atoms. The van der Waals surface area contributed by atoms with Crippen molar-refractivity contribution in [1.82, 2.24) is 104 Å². The van der Waals surface area contributed by atoms with E-state index in [-0.39, 0.29) is 102 Å². The van der Waals surface area contributed by atoms with Gasteiger partial charge in [-0.25, -0.2) is 38.1 Å². The number of para-hydroxylation sites is 2. The van der Waals surface area contributed by atoms with Gasteiger partial charge in [-0.05, 0) is 165 Å². The predicted molar refractivity (Wildman–Crippen MR) is 484 cm³/mol. The Morgan fingerprint density at radius 1 is 0.277 bits per heavy atom. The third kappa shape index (κ3) is 28.1. The highest BCUT2D eigenvalue weighted by Gasteiger charge is 2.19. The molecule has 0 aliphatic heterocycles. The maximum absolute atomic E-state index is 12.4. The zero-order chi connectivity index (χ0) is 91.9. The summed E-state index contributed by atoms with van der Waals surface area (Å²) in [5.74, 6) is -1.13. The fourth-order valence-corrected chi connectivity index (χ4v) is 11.4. The largest absolute Gasteiger partial charge is 0.368 e. The van der Waals surface area contributed by atoms with Gasteiger partial charge >= 0.3 is 0 Å². The van der Waals surface area contributed by atoms with Crippen LogP contribution in [0.4, 0.5) is 23.0 Å². The highest BCUT2D eigenvalue weighted by Crippen LogP contribution is 2.19. The number of nitrogens with zero attached hydrogens (tertiary/aromatic N) is 22. The van der Waals surface area contributed by atoms with Crippen LogP contribution in [0.3, 0.4) is 0 Å². The summed E-state index contributed by atoms with van der Waals surface area (Å²) < 4.78 is 6.67. The van der Waals surface area contributed by atoms with Crippen LogP contribution in [-0.2, 0) is 68.0 Å². The molecule has 0 atom stereocenters. The molecule has 0 aliphatic carbocycles. The Morgan fingerprint density at radius 3 is 0.854 bits per heavy atom. The van der Waals surface area contributed by atoms with Crippen LogP contribution in [0.1, 0.15) is 6.92 Å². The van der Waals surface area contributed by atoms with Crippen LogP contribution in [-0.4, -0.2) is 155 Å². The average molecular weight is 1740 g/mol. The molecular weight excluding hydrogens is 1660 g/mol. The van der Waals surface area contributed by atoms with Gasteiger partial charge in [0.15, 0.2) is 0 Å². The second-order valence-electron chi connectivity index (χ2n) is 27.1. The van der Waals surface area contributed by atoms with Crippen molar-refractivity contribution in [3.8, 4) is 68.3 Å². The molecule has 0 saturated heterocycles. The fourth-order valence-electron chi connectivity index (χ4n) is 11.4. The Balaban J connectivity index is 0.000000151.